The topological polar surface area (TPSA) is 51.2 Å². The van der Waals surface area contributed by atoms with Gasteiger partial charge < -0.3 is 10.1 Å². The molecular weight excluding hydrogens is 204 g/mol. The first-order valence-corrected chi connectivity index (χ1v) is 5.08. The molecule has 86 valence electrons. The lowest BCUT2D eigenvalue weighted by atomic mass is 10.2. The summed E-state index contributed by atoms with van der Waals surface area (Å²) in [7, 11) is 1.52. The van der Waals surface area contributed by atoms with Crippen molar-refractivity contribution in [1.29, 1.82) is 0 Å². The van der Waals surface area contributed by atoms with Gasteiger partial charge in [-0.15, -0.1) is 6.58 Å². The van der Waals surface area contributed by atoms with Gasteiger partial charge in [-0.05, 0) is 25.0 Å². The fourth-order valence-corrected chi connectivity index (χ4v) is 1.25. The molecule has 0 fully saturated rings. The van der Waals surface area contributed by atoms with E-state index in [0.717, 1.165) is 5.56 Å². The third-order valence-electron chi connectivity index (χ3n) is 2.03. The van der Waals surface area contributed by atoms with Crippen LogP contribution in [0.5, 0.6) is 5.88 Å². The second kappa shape index (κ2) is 5.90. The van der Waals surface area contributed by atoms with Crippen molar-refractivity contribution in [3.8, 4) is 5.88 Å². The largest absolute Gasteiger partial charge is 0.480 e. The minimum absolute atomic E-state index is 0.0643. The van der Waals surface area contributed by atoms with E-state index in [0.29, 0.717) is 24.4 Å². The van der Waals surface area contributed by atoms with Crippen LogP contribution in [0.3, 0.4) is 0 Å². The van der Waals surface area contributed by atoms with Gasteiger partial charge in [0.1, 0.15) is 5.69 Å². The van der Waals surface area contributed by atoms with Crippen molar-refractivity contribution < 1.29 is 9.53 Å². The molecule has 0 aromatic carbocycles. The molecule has 1 aromatic rings. The number of anilines is 1. The predicted molar refractivity (Wildman–Crippen MR) is 63.6 cm³/mol. The Kier molecular flexibility index (Phi) is 4.51. The van der Waals surface area contributed by atoms with Gasteiger partial charge in [-0.25, -0.2) is 4.98 Å². The molecule has 0 saturated carbocycles. The highest BCUT2D eigenvalue weighted by Crippen LogP contribution is 2.22. The second-order valence-corrected chi connectivity index (χ2v) is 3.45. The van der Waals surface area contributed by atoms with Gasteiger partial charge in [-0.1, -0.05) is 6.08 Å². The maximum absolute atomic E-state index is 11.5. The highest BCUT2D eigenvalue weighted by molar-refractivity contribution is 5.92. The van der Waals surface area contributed by atoms with E-state index in [1.165, 1.54) is 7.11 Å². The van der Waals surface area contributed by atoms with Crippen molar-refractivity contribution in [3.05, 3.63) is 30.5 Å². The van der Waals surface area contributed by atoms with Crippen molar-refractivity contribution in [2.24, 2.45) is 0 Å². The lowest BCUT2D eigenvalue weighted by Crippen LogP contribution is -2.12. The summed E-state index contributed by atoms with van der Waals surface area (Å²) in [4.78, 5) is 15.6. The number of rotatable bonds is 5. The van der Waals surface area contributed by atoms with E-state index in [4.69, 9.17) is 4.74 Å². The van der Waals surface area contributed by atoms with Crippen molar-refractivity contribution in [2.75, 3.05) is 12.4 Å². The number of hydrogen-bond donors (Lipinski definition) is 1. The molecule has 4 heteroatoms. The van der Waals surface area contributed by atoms with Crippen LogP contribution in [0.25, 0.3) is 0 Å². The van der Waals surface area contributed by atoms with Crippen molar-refractivity contribution in [1.82, 2.24) is 4.98 Å². The van der Waals surface area contributed by atoms with Crippen LogP contribution in [0.2, 0.25) is 0 Å². The standard InChI is InChI=1S/C12H16N2O2/c1-4-5-6-11(15)14-10-7-9(2)8-13-12(10)16-3/h4,7-8H,1,5-6H2,2-3H3,(H,14,15). The first-order valence-electron chi connectivity index (χ1n) is 5.08. The smallest absolute Gasteiger partial charge is 0.237 e. The normalized spacial score (nSPS) is 9.62. The molecule has 0 aliphatic heterocycles. The van der Waals surface area contributed by atoms with Gasteiger partial charge in [-0.3, -0.25) is 4.79 Å². The zero-order valence-corrected chi connectivity index (χ0v) is 9.62. The van der Waals surface area contributed by atoms with Crippen LogP contribution in [0.4, 0.5) is 5.69 Å². The number of carbonyl (C=O) groups is 1. The zero-order chi connectivity index (χ0) is 12.0. The molecule has 4 nitrogen and oxygen atoms in total. The molecular formula is C12H16N2O2. The van der Waals surface area contributed by atoms with Gasteiger partial charge in [0.2, 0.25) is 11.8 Å². The Morgan fingerprint density at radius 3 is 3.06 bits per heavy atom. The summed E-state index contributed by atoms with van der Waals surface area (Å²) in [5.74, 6) is 0.364. The highest BCUT2D eigenvalue weighted by atomic mass is 16.5. The molecule has 1 amide bonds. The number of methoxy groups -OCH3 is 1. The van der Waals surface area contributed by atoms with E-state index >= 15 is 0 Å². The number of carbonyl (C=O) groups excluding carboxylic acids is 1. The third-order valence-corrected chi connectivity index (χ3v) is 2.03. The molecule has 1 rings (SSSR count). The number of pyridine rings is 1. The molecule has 0 aliphatic rings. The number of hydrogen-bond acceptors (Lipinski definition) is 3. The molecule has 16 heavy (non-hydrogen) atoms. The molecule has 0 bridgehead atoms. The number of amides is 1. The van der Waals surface area contributed by atoms with E-state index in [1.807, 2.05) is 13.0 Å². The fourth-order valence-electron chi connectivity index (χ4n) is 1.25. The SMILES string of the molecule is C=CCCC(=O)Nc1cc(C)cnc1OC. The van der Waals surface area contributed by atoms with E-state index in [9.17, 15) is 4.79 Å². The molecule has 1 N–H and O–H groups in total. The van der Waals surface area contributed by atoms with E-state index in [-0.39, 0.29) is 5.91 Å². The summed E-state index contributed by atoms with van der Waals surface area (Å²) in [5, 5.41) is 2.76. The van der Waals surface area contributed by atoms with Crippen LogP contribution in [-0.4, -0.2) is 18.0 Å². The summed E-state index contributed by atoms with van der Waals surface area (Å²) in [6, 6.07) is 1.83. The van der Waals surface area contributed by atoms with Gasteiger partial charge in [-0.2, -0.15) is 0 Å². The van der Waals surface area contributed by atoms with Crippen LogP contribution in [0.15, 0.2) is 24.9 Å². The monoisotopic (exact) mass is 220 g/mol. The van der Waals surface area contributed by atoms with E-state index in [1.54, 1.807) is 12.3 Å². The molecule has 0 spiro atoms. The summed E-state index contributed by atoms with van der Waals surface area (Å²) >= 11 is 0. The maximum atomic E-state index is 11.5. The van der Waals surface area contributed by atoms with Crippen molar-refractivity contribution in [2.45, 2.75) is 19.8 Å². The Morgan fingerprint density at radius 2 is 2.44 bits per heavy atom. The lowest BCUT2D eigenvalue weighted by Gasteiger charge is -2.09. The molecule has 0 atom stereocenters. The molecule has 0 saturated heterocycles. The highest BCUT2D eigenvalue weighted by Gasteiger charge is 2.08. The summed E-state index contributed by atoms with van der Waals surface area (Å²) < 4.78 is 5.06. The molecule has 1 heterocycles. The van der Waals surface area contributed by atoms with Gasteiger partial charge in [0.05, 0.1) is 7.11 Å². The zero-order valence-electron chi connectivity index (χ0n) is 9.62. The number of allylic oxidation sites excluding steroid dienone is 1. The Bertz CT molecular complexity index is 389. The predicted octanol–water partition coefficient (Wildman–Crippen LogP) is 2.30. The second-order valence-electron chi connectivity index (χ2n) is 3.45. The van der Waals surface area contributed by atoms with Gasteiger partial charge >= 0.3 is 0 Å². The molecule has 0 radical (unpaired) electrons. The Morgan fingerprint density at radius 1 is 1.69 bits per heavy atom. The van der Waals surface area contributed by atoms with Crippen molar-refractivity contribution in [3.63, 3.8) is 0 Å². The average molecular weight is 220 g/mol. The van der Waals surface area contributed by atoms with Crippen molar-refractivity contribution >= 4 is 11.6 Å². The first kappa shape index (κ1) is 12.2. The average Bonchev–Trinajstić information content (AvgIpc) is 2.27. The Labute approximate surface area is 95.3 Å². The lowest BCUT2D eigenvalue weighted by molar-refractivity contribution is -0.116. The van der Waals surface area contributed by atoms with Gasteiger partial charge in [0.15, 0.2) is 0 Å². The number of nitrogens with one attached hydrogen (secondary N) is 1. The molecule has 1 aromatic heterocycles. The van der Waals surface area contributed by atoms with Crippen LogP contribution in [0, 0.1) is 6.92 Å². The fraction of sp³-hybridized carbons (Fsp3) is 0.333. The van der Waals surface area contributed by atoms with Gasteiger partial charge in [0.25, 0.3) is 0 Å². The van der Waals surface area contributed by atoms with E-state index in [2.05, 4.69) is 16.9 Å². The molecule has 0 aliphatic carbocycles. The van der Waals surface area contributed by atoms with Crippen LogP contribution < -0.4 is 10.1 Å². The number of nitrogens with zero attached hydrogens (tertiary/aromatic N) is 1. The number of ether oxygens (including phenoxy) is 1. The first-order chi connectivity index (χ1) is 7.67. The number of aromatic nitrogens is 1. The van der Waals surface area contributed by atoms with Gasteiger partial charge in [0, 0.05) is 12.6 Å². The van der Waals surface area contributed by atoms with Crippen LogP contribution in [0.1, 0.15) is 18.4 Å². The number of aryl methyl sites for hydroxylation is 1. The van der Waals surface area contributed by atoms with Crippen LogP contribution in [-0.2, 0) is 4.79 Å². The quantitative estimate of drug-likeness (QED) is 0.775. The Balaban J connectivity index is 2.74. The summed E-state index contributed by atoms with van der Waals surface area (Å²) in [6.45, 7) is 5.48. The minimum Gasteiger partial charge on any atom is -0.480 e. The van der Waals surface area contributed by atoms with E-state index < -0.39 is 0 Å². The summed E-state index contributed by atoms with van der Waals surface area (Å²) in [5.41, 5.74) is 1.58. The maximum Gasteiger partial charge on any atom is 0.237 e. The minimum atomic E-state index is -0.0643. The van der Waals surface area contributed by atoms with Crippen LogP contribution >= 0.6 is 0 Å². The summed E-state index contributed by atoms with van der Waals surface area (Å²) in [6.07, 6.45) is 4.48. The third kappa shape index (κ3) is 3.38. The molecule has 0 unspecified atom stereocenters. The Hall–Kier alpha value is -1.84.